The third-order valence-electron chi connectivity index (χ3n) is 6.13. The Morgan fingerprint density at radius 3 is 2.63 bits per heavy atom. The monoisotopic (exact) mass is 390 g/mol. The molecule has 0 saturated carbocycles. The van der Waals surface area contributed by atoms with Crippen LogP contribution in [0.2, 0.25) is 5.02 Å². The molecule has 1 spiro atoms. The fourth-order valence-electron chi connectivity index (χ4n) is 4.51. The smallest absolute Gasteiger partial charge is 0.225 e. The molecule has 27 heavy (non-hydrogen) atoms. The molecule has 0 aliphatic carbocycles. The molecule has 0 radical (unpaired) electrons. The van der Waals surface area contributed by atoms with Crippen LogP contribution in [0.15, 0.2) is 36.7 Å². The molecule has 144 valence electrons. The minimum atomic E-state index is -0.246. The average Bonchev–Trinajstić information content (AvgIpc) is 3.05. The van der Waals surface area contributed by atoms with E-state index in [0.717, 1.165) is 45.0 Å². The number of aromatic nitrogens is 2. The number of piperidine rings is 1. The second-order valence-electron chi connectivity index (χ2n) is 7.68. The zero-order chi connectivity index (χ0) is 18.9. The first kappa shape index (κ1) is 18.6. The molecule has 2 saturated heterocycles. The summed E-state index contributed by atoms with van der Waals surface area (Å²) in [5.74, 6) is 0.707. The Hall–Kier alpha value is -1.76. The van der Waals surface area contributed by atoms with Crippen molar-refractivity contribution in [3.63, 3.8) is 0 Å². The standard InChI is InChI=1S/C20H24ClFN4O/c21-17-3-2-15(18(22)10-17)11-25-8-4-20(5-9-25)14-26(12-16(20)13-27)19-23-6-1-7-24-19/h1-3,6-7,10,16,27H,4-5,8-9,11-14H2. The Bertz CT molecular complexity index is 783. The lowest BCUT2D eigenvalue weighted by molar-refractivity contribution is 0.0503. The van der Waals surface area contributed by atoms with E-state index in [1.165, 1.54) is 6.07 Å². The van der Waals surface area contributed by atoms with Crippen molar-refractivity contribution in [1.82, 2.24) is 14.9 Å². The van der Waals surface area contributed by atoms with Gasteiger partial charge in [0.05, 0.1) is 0 Å². The summed E-state index contributed by atoms with van der Waals surface area (Å²) in [5.41, 5.74) is 0.753. The fraction of sp³-hybridized carbons (Fsp3) is 0.500. The van der Waals surface area contributed by atoms with Crippen molar-refractivity contribution in [3.05, 3.63) is 53.1 Å². The van der Waals surface area contributed by atoms with Crippen LogP contribution >= 0.6 is 11.6 Å². The highest BCUT2D eigenvalue weighted by Gasteiger charge is 2.48. The molecule has 5 nitrogen and oxygen atoms in total. The van der Waals surface area contributed by atoms with Crippen LogP contribution in [0.1, 0.15) is 18.4 Å². The largest absolute Gasteiger partial charge is 0.396 e. The molecule has 2 fully saturated rings. The Morgan fingerprint density at radius 1 is 1.22 bits per heavy atom. The van der Waals surface area contributed by atoms with E-state index in [9.17, 15) is 9.50 Å². The first-order valence-electron chi connectivity index (χ1n) is 9.39. The molecular formula is C20H24ClFN4O. The molecule has 1 N–H and O–H groups in total. The lowest BCUT2D eigenvalue weighted by Crippen LogP contribution is -2.44. The molecule has 2 aliphatic rings. The maximum Gasteiger partial charge on any atom is 0.225 e. The van der Waals surface area contributed by atoms with Crippen LogP contribution < -0.4 is 4.90 Å². The Balaban J connectivity index is 1.42. The summed E-state index contributed by atoms with van der Waals surface area (Å²) in [5, 5.41) is 10.4. The van der Waals surface area contributed by atoms with Crippen LogP contribution in [0.3, 0.4) is 0 Å². The molecule has 1 atom stereocenters. The van der Waals surface area contributed by atoms with Gasteiger partial charge in [-0.2, -0.15) is 0 Å². The highest BCUT2D eigenvalue weighted by atomic mass is 35.5. The minimum Gasteiger partial charge on any atom is -0.396 e. The molecule has 1 unspecified atom stereocenters. The minimum absolute atomic E-state index is 0.0724. The lowest BCUT2D eigenvalue weighted by Gasteiger charge is -2.42. The van der Waals surface area contributed by atoms with Gasteiger partial charge in [0.25, 0.3) is 0 Å². The molecule has 2 aliphatic heterocycles. The number of anilines is 1. The molecule has 1 aromatic carbocycles. The van der Waals surface area contributed by atoms with Gasteiger partial charge >= 0.3 is 0 Å². The van der Waals surface area contributed by atoms with Gasteiger partial charge < -0.3 is 10.0 Å². The molecular weight excluding hydrogens is 367 g/mol. The molecule has 3 heterocycles. The summed E-state index contributed by atoms with van der Waals surface area (Å²) in [4.78, 5) is 13.2. The van der Waals surface area contributed by atoms with Crippen molar-refractivity contribution in [1.29, 1.82) is 0 Å². The van der Waals surface area contributed by atoms with Crippen LogP contribution in [0.4, 0.5) is 10.3 Å². The van der Waals surface area contributed by atoms with Gasteiger partial charge in [-0.1, -0.05) is 17.7 Å². The van der Waals surface area contributed by atoms with Crippen molar-refractivity contribution >= 4 is 17.5 Å². The van der Waals surface area contributed by atoms with E-state index in [1.807, 2.05) is 6.07 Å². The quantitative estimate of drug-likeness (QED) is 0.869. The van der Waals surface area contributed by atoms with E-state index in [-0.39, 0.29) is 23.8 Å². The number of hydrogen-bond donors (Lipinski definition) is 1. The summed E-state index contributed by atoms with van der Waals surface area (Å²) >= 11 is 5.85. The van der Waals surface area contributed by atoms with Gasteiger partial charge in [0.15, 0.2) is 0 Å². The fourth-order valence-corrected chi connectivity index (χ4v) is 4.66. The zero-order valence-electron chi connectivity index (χ0n) is 15.2. The van der Waals surface area contributed by atoms with Crippen molar-refractivity contribution in [2.24, 2.45) is 11.3 Å². The van der Waals surface area contributed by atoms with Gasteiger partial charge in [0.1, 0.15) is 5.82 Å². The number of hydrogen-bond acceptors (Lipinski definition) is 5. The zero-order valence-corrected chi connectivity index (χ0v) is 15.9. The number of aliphatic hydroxyl groups is 1. The normalized spacial score (nSPS) is 22.5. The second-order valence-corrected chi connectivity index (χ2v) is 8.12. The van der Waals surface area contributed by atoms with Gasteiger partial charge in [0, 0.05) is 55.1 Å². The van der Waals surface area contributed by atoms with Crippen LogP contribution in [-0.4, -0.2) is 52.8 Å². The third kappa shape index (κ3) is 3.79. The Kier molecular flexibility index (Phi) is 5.30. The first-order valence-corrected chi connectivity index (χ1v) is 9.76. The molecule has 7 heteroatoms. The molecule has 2 aromatic rings. The van der Waals surface area contributed by atoms with Gasteiger partial charge in [-0.25, -0.2) is 14.4 Å². The van der Waals surface area contributed by atoms with Gasteiger partial charge in [0.2, 0.25) is 5.95 Å². The summed E-state index contributed by atoms with van der Waals surface area (Å²) in [6, 6.07) is 6.69. The summed E-state index contributed by atoms with van der Waals surface area (Å²) in [7, 11) is 0. The average molecular weight is 391 g/mol. The number of likely N-dealkylation sites (tertiary alicyclic amines) is 1. The molecule has 0 amide bonds. The van der Waals surface area contributed by atoms with Crippen LogP contribution in [0.5, 0.6) is 0 Å². The Labute approximate surface area is 163 Å². The number of benzene rings is 1. The number of halogens is 2. The van der Waals surface area contributed by atoms with Gasteiger partial charge in [-0.05, 0) is 49.5 Å². The van der Waals surface area contributed by atoms with E-state index >= 15 is 0 Å². The predicted octanol–water partition coefficient (Wildman–Crippen LogP) is 2.98. The summed E-state index contributed by atoms with van der Waals surface area (Å²) in [6.45, 7) is 4.20. The summed E-state index contributed by atoms with van der Waals surface area (Å²) in [6.07, 6.45) is 5.47. The SMILES string of the molecule is OCC1CN(c2ncccn2)CC12CCN(Cc1ccc(Cl)cc1F)CC2. The first-order chi connectivity index (χ1) is 13.1. The van der Waals surface area contributed by atoms with Crippen LogP contribution in [0, 0.1) is 17.2 Å². The van der Waals surface area contributed by atoms with E-state index in [4.69, 9.17) is 11.6 Å². The topological polar surface area (TPSA) is 52.5 Å². The van der Waals surface area contributed by atoms with E-state index in [1.54, 1.807) is 24.5 Å². The number of aliphatic hydroxyl groups excluding tert-OH is 1. The van der Waals surface area contributed by atoms with E-state index < -0.39 is 0 Å². The maximum atomic E-state index is 14.1. The second kappa shape index (κ2) is 7.70. The highest BCUT2D eigenvalue weighted by molar-refractivity contribution is 6.30. The summed E-state index contributed by atoms with van der Waals surface area (Å²) < 4.78 is 14.1. The van der Waals surface area contributed by atoms with Crippen LogP contribution in [0.25, 0.3) is 0 Å². The van der Waals surface area contributed by atoms with Crippen LogP contribution in [-0.2, 0) is 6.54 Å². The Morgan fingerprint density at radius 2 is 1.96 bits per heavy atom. The maximum absolute atomic E-state index is 14.1. The number of rotatable bonds is 4. The van der Waals surface area contributed by atoms with E-state index in [0.29, 0.717) is 17.1 Å². The van der Waals surface area contributed by atoms with E-state index in [2.05, 4.69) is 19.8 Å². The van der Waals surface area contributed by atoms with Crippen molar-refractivity contribution in [2.75, 3.05) is 37.7 Å². The predicted molar refractivity (Wildman–Crippen MR) is 103 cm³/mol. The van der Waals surface area contributed by atoms with Crippen molar-refractivity contribution in [2.45, 2.75) is 19.4 Å². The van der Waals surface area contributed by atoms with Crippen molar-refractivity contribution < 1.29 is 9.50 Å². The highest BCUT2D eigenvalue weighted by Crippen LogP contribution is 2.45. The lowest BCUT2D eigenvalue weighted by atomic mass is 9.71. The molecule has 4 rings (SSSR count). The molecule has 1 aromatic heterocycles. The third-order valence-corrected chi connectivity index (χ3v) is 6.36. The van der Waals surface area contributed by atoms with Crippen molar-refractivity contribution in [3.8, 4) is 0 Å². The van der Waals surface area contributed by atoms with Gasteiger partial charge in [-0.15, -0.1) is 0 Å². The molecule has 0 bridgehead atoms. The number of nitrogens with zero attached hydrogens (tertiary/aromatic N) is 4. The van der Waals surface area contributed by atoms with Gasteiger partial charge in [-0.3, -0.25) is 4.90 Å².